The van der Waals surface area contributed by atoms with Crippen LogP contribution in [0, 0.1) is 5.82 Å². The Kier molecular flexibility index (Phi) is 3.61. The molecule has 0 aliphatic carbocycles. The van der Waals surface area contributed by atoms with E-state index >= 15 is 0 Å². The first kappa shape index (κ1) is 14.2. The average Bonchev–Trinajstić information content (AvgIpc) is 2.37. The number of nitrogens with two attached hydrogens (primary N) is 1. The molecule has 0 amide bonds. The lowest BCUT2D eigenvalue weighted by Crippen LogP contribution is -2.08. The van der Waals surface area contributed by atoms with Gasteiger partial charge >= 0.3 is 6.18 Å². The topological polar surface area (TPSA) is 51.8 Å². The first-order valence-electron chi connectivity index (χ1n) is 5.82. The van der Waals surface area contributed by atoms with E-state index in [9.17, 15) is 17.6 Å². The van der Waals surface area contributed by atoms with Crippen molar-refractivity contribution in [2.75, 3.05) is 5.73 Å². The quantitative estimate of drug-likeness (QED) is 0.860. The van der Waals surface area contributed by atoms with Gasteiger partial charge in [0.2, 0.25) is 0 Å². The molecule has 0 saturated carbocycles. The predicted molar refractivity (Wildman–Crippen MR) is 66.2 cm³/mol. The van der Waals surface area contributed by atoms with Gasteiger partial charge < -0.3 is 5.73 Å². The molecular weight excluding hydrogens is 274 g/mol. The maximum atomic E-state index is 13.2. The van der Waals surface area contributed by atoms with Gasteiger partial charge in [0.25, 0.3) is 0 Å². The smallest absolute Gasteiger partial charge is 0.384 e. The van der Waals surface area contributed by atoms with E-state index in [2.05, 4.69) is 9.97 Å². The van der Waals surface area contributed by atoms with E-state index in [1.165, 1.54) is 12.1 Å². The summed E-state index contributed by atoms with van der Waals surface area (Å²) in [4.78, 5) is 8.03. The molecule has 0 aliphatic rings. The summed E-state index contributed by atoms with van der Waals surface area (Å²) in [6, 6.07) is 4.07. The fraction of sp³-hybridized carbons (Fsp3) is 0.231. The molecule has 3 nitrogen and oxygen atoms in total. The number of alkyl halides is 3. The number of halogens is 4. The minimum absolute atomic E-state index is 0.141. The summed E-state index contributed by atoms with van der Waals surface area (Å²) in [5, 5.41) is 0. The summed E-state index contributed by atoms with van der Waals surface area (Å²) in [5.74, 6) is -0.749. The molecule has 2 aromatic rings. The number of rotatable bonds is 2. The number of nitrogen functional groups attached to an aromatic ring is 1. The van der Waals surface area contributed by atoms with E-state index in [0.717, 1.165) is 12.1 Å². The second-order valence-corrected chi connectivity index (χ2v) is 4.14. The van der Waals surface area contributed by atoms with Crippen molar-refractivity contribution >= 4 is 5.82 Å². The summed E-state index contributed by atoms with van der Waals surface area (Å²) in [7, 11) is 0. The Hall–Kier alpha value is -2.18. The summed E-state index contributed by atoms with van der Waals surface area (Å²) in [5.41, 5.74) is 4.63. The van der Waals surface area contributed by atoms with Gasteiger partial charge in [0.05, 0.1) is 11.3 Å². The van der Waals surface area contributed by atoms with Crippen LogP contribution in [0.25, 0.3) is 11.3 Å². The fourth-order valence-corrected chi connectivity index (χ4v) is 1.73. The molecule has 0 spiro atoms. The summed E-state index contributed by atoms with van der Waals surface area (Å²) in [6.45, 7) is 1.80. The van der Waals surface area contributed by atoms with Crippen LogP contribution in [0.1, 0.15) is 18.3 Å². The molecule has 2 N–H and O–H groups in total. The van der Waals surface area contributed by atoms with E-state index in [-0.39, 0.29) is 17.1 Å². The Morgan fingerprint density at radius 2 is 1.85 bits per heavy atom. The SMILES string of the molecule is CCc1nc(N)cc(-c2ccc(F)c(C(F)(F)F)c2)n1. The molecular formula is C13H11F4N3. The lowest BCUT2D eigenvalue weighted by molar-refractivity contribution is -0.139. The van der Waals surface area contributed by atoms with Crippen LogP contribution in [-0.2, 0) is 12.6 Å². The van der Waals surface area contributed by atoms with Crippen molar-refractivity contribution < 1.29 is 17.6 Å². The molecule has 0 fully saturated rings. The third-order valence-corrected chi connectivity index (χ3v) is 2.68. The van der Waals surface area contributed by atoms with Gasteiger partial charge in [-0.3, -0.25) is 0 Å². The maximum Gasteiger partial charge on any atom is 0.419 e. The Morgan fingerprint density at radius 1 is 1.15 bits per heavy atom. The molecule has 1 heterocycles. The van der Waals surface area contributed by atoms with E-state index in [1.807, 2.05) is 0 Å². The highest BCUT2D eigenvalue weighted by atomic mass is 19.4. The van der Waals surface area contributed by atoms with Gasteiger partial charge in [-0.25, -0.2) is 14.4 Å². The number of hydrogen-bond donors (Lipinski definition) is 1. The highest BCUT2D eigenvalue weighted by molar-refractivity contribution is 5.63. The Bertz CT molecular complexity index is 638. The number of aromatic nitrogens is 2. The van der Waals surface area contributed by atoms with Gasteiger partial charge in [-0.2, -0.15) is 13.2 Å². The first-order chi connectivity index (χ1) is 9.31. The van der Waals surface area contributed by atoms with Crippen molar-refractivity contribution in [3.63, 3.8) is 0 Å². The number of benzene rings is 1. The second kappa shape index (κ2) is 5.07. The summed E-state index contributed by atoms with van der Waals surface area (Å²) < 4.78 is 51.2. The standard InChI is InChI=1S/C13H11F4N3/c1-2-12-19-10(6-11(18)20-12)7-3-4-9(14)8(5-7)13(15,16)17/h3-6H,2H2,1H3,(H2,18,19,20). The van der Waals surface area contributed by atoms with Crippen molar-refractivity contribution in [2.24, 2.45) is 0 Å². The van der Waals surface area contributed by atoms with Gasteiger partial charge in [0.15, 0.2) is 0 Å². The maximum absolute atomic E-state index is 13.2. The van der Waals surface area contributed by atoms with E-state index < -0.39 is 17.6 Å². The number of anilines is 1. The molecule has 106 valence electrons. The van der Waals surface area contributed by atoms with E-state index in [1.54, 1.807) is 6.92 Å². The predicted octanol–water partition coefficient (Wildman–Crippen LogP) is 3.45. The van der Waals surface area contributed by atoms with Gasteiger partial charge in [-0.05, 0) is 18.2 Å². The molecule has 7 heteroatoms. The van der Waals surface area contributed by atoms with Crippen molar-refractivity contribution in [1.29, 1.82) is 0 Å². The molecule has 1 aromatic heterocycles. The third kappa shape index (κ3) is 2.87. The molecule has 0 bridgehead atoms. The van der Waals surface area contributed by atoms with Crippen molar-refractivity contribution in [3.05, 3.63) is 41.5 Å². The Labute approximate surface area is 112 Å². The van der Waals surface area contributed by atoms with E-state index in [4.69, 9.17) is 5.73 Å². The van der Waals surface area contributed by atoms with Gasteiger partial charge in [0, 0.05) is 18.1 Å². The zero-order chi connectivity index (χ0) is 14.9. The van der Waals surface area contributed by atoms with Gasteiger partial charge in [-0.15, -0.1) is 0 Å². The van der Waals surface area contributed by atoms with Crippen molar-refractivity contribution in [3.8, 4) is 11.3 Å². The zero-order valence-electron chi connectivity index (χ0n) is 10.5. The van der Waals surface area contributed by atoms with Crippen LogP contribution in [0.5, 0.6) is 0 Å². The Balaban J connectivity index is 2.56. The van der Waals surface area contributed by atoms with Gasteiger partial charge in [0.1, 0.15) is 17.5 Å². The van der Waals surface area contributed by atoms with Crippen LogP contribution >= 0.6 is 0 Å². The van der Waals surface area contributed by atoms with Crippen molar-refractivity contribution in [2.45, 2.75) is 19.5 Å². The molecule has 0 aliphatic heterocycles. The lowest BCUT2D eigenvalue weighted by Gasteiger charge is -2.10. The van der Waals surface area contributed by atoms with Crippen molar-refractivity contribution in [1.82, 2.24) is 9.97 Å². The molecule has 20 heavy (non-hydrogen) atoms. The molecule has 1 aromatic carbocycles. The van der Waals surface area contributed by atoms with Crippen LogP contribution in [0.2, 0.25) is 0 Å². The third-order valence-electron chi connectivity index (χ3n) is 2.68. The van der Waals surface area contributed by atoms with Crippen LogP contribution in [0.3, 0.4) is 0 Å². The van der Waals surface area contributed by atoms with Crippen LogP contribution < -0.4 is 5.73 Å². The molecule has 0 unspecified atom stereocenters. The average molecular weight is 285 g/mol. The van der Waals surface area contributed by atoms with Crippen LogP contribution in [0.15, 0.2) is 24.3 Å². The Morgan fingerprint density at radius 3 is 2.45 bits per heavy atom. The van der Waals surface area contributed by atoms with Gasteiger partial charge in [-0.1, -0.05) is 6.92 Å². The monoisotopic (exact) mass is 285 g/mol. The fourth-order valence-electron chi connectivity index (χ4n) is 1.73. The van der Waals surface area contributed by atoms with E-state index in [0.29, 0.717) is 12.2 Å². The molecule has 2 rings (SSSR count). The number of nitrogens with zero attached hydrogens (tertiary/aromatic N) is 2. The largest absolute Gasteiger partial charge is 0.419 e. The zero-order valence-corrected chi connectivity index (χ0v) is 10.5. The lowest BCUT2D eigenvalue weighted by atomic mass is 10.1. The highest BCUT2D eigenvalue weighted by Crippen LogP contribution is 2.34. The minimum atomic E-state index is -4.76. The molecule has 0 saturated heterocycles. The minimum Gasteiger partial charge on any atom is -0.384 e. The first-order valence-corrected chi connectivity index (χ1v) is 5.82. The van der Waals surface area contributed by atoms with Crippen LogP contribution in [0.4, 0.5) is 23.4 Å². The molecule has 0 radical (unpaired) electrons. The highest BCUT2D eigenvalue weighted by Gasteiger charge is 2.34. The molecule has 0 atom stereocenters. The summed E-state index contributed by atoms with van der Waals surface area (Å²) in [6.07, 6.45) is -4.27. The second-order valence-electron chi connectivity index (χ2n) is 4.14. The van der Waals surface area contributed by atoms with Crippen LogP contribution in [-0.4, -0.2) is 9.97 Å². The summed E-state index contributed by atoms with van der Waals surface area (Å²) >= 11 is 0. The number of hydrogen-bond acceptors (Lipinski definition) is 3. The number of aryl methyl sites for hydroxylation is 1. The normalized spacial score (nSPS) is 11.7.